The Morgan fingerprint density at radius 1 is 1.33 bits per heavy atom. The van der Waals surface area contributed by atoms with Gasteiger partial charge in [-0.2, -0.15) is 0 Å². The molecule has 0 unspecified atom stereocenters. The summed E-state index contributed by atoms with van der Waals surface area (Å²) in [5, 5.41) is 19.1. The number of carbonyl (C=O) groups excluding carboxylic acids is 1. The average Bonchev–Trinajstić information content (AvgIpc) is 2.34. The minimum absolute atomic E-state index is 0.0388. The standard InChI is InChI=1S/C13H16O5/c1-8-12(10(14)7-11(15)17-8)18-13(16)9-5-3-2-4-6-9/h2-6,8,10-12,14-15H,7H2,1H3/t8-,10-,11-,12+/m1/s1. The Morgan fingerprint density at radius 2 is 2.00 bits per heavy atom. The van der Waals surface area contributed by atoms with E-state index in [2.05, 4.69) is 0 Å². The third-order valence-electron chi connectivity index (χ3n) is 2.91. The smallest absolute Gasteiger partial charge is 0.338 e. The zero-order valence-electron chi connectivity index (χ0n) is 10.0. The van der Waals surface area contributed by atoms with Gasteiger partial charge in [0.25, 0.3) is 0 Å². The van der Waals surface area contributed by atoms with E-state index in [-0.39, 0.29) is 6.42 Å². The zero-order chi connectivity index (χ0) is 13.1. The first kappa shape index (κ1) is 13.0. The molecule has 1 aliphatic rings. The molecular weight excluding hydrogens is 236 g/mol. The van der Waals surface area contributed by atoms with Gasteiger partial charge in [-0.15, -0.1) is 0 Å². The normalized spacial score (nSPS) is 31.9. The summed E-state index contributed by atoms with van der Waals surface area (Å²) in [6.07, 6.45) is -3.20. The van der Waals surface area contributed by atoms with Crippen molar-refractivity contribution in [2.24, 2.45) is 0 Å². The van der Waals surface area contributed by atoms with Crippen molar-refractivity contribution in [2.75, 3.05) is 0 Å². The highest BCUT2D eigenvalue weighted by Gasteiger charge is 2.37. The topological polar surface area (TPSA) is 76.0 Å². The Bertz CT molecular complexity index is 393. The van der Waals surface area contributed by atoms with E-state index in [0.29, 0.717) is 5.56 Å². The molecule has 1 aliphatic heterocycles. The molecule has 5 nitrogen and oxygen atoms in total. The van der Waals surface area contributed by atoms with Gasteiger partial charge in [-0.05, 0) is 19.1 Å². The molecule has 0 bridgehead atoms. The lowest BCUT2D eigenvalue weighted by molar-refractivity contribution is -0.226. The molecule has 0 aromatic heterocycles. The van der Waals surface area contributed by atoms with Crippen LogP contribution >= 0.6 is 0 Å². The van der Waals surface area contributed by atoms with Crippen molar-refractivity contribution in [1.82, 2.24) is 0 Å². The van der Waals surface area contributed by atoms with Crippen molar-refractivity contribution in [2.45, 2.75) is 37.9 Å². The van der Waals surface area contributed by atoms with Crippen LogP contribution in [0.2, 0.25) is 0 Å². The highest BCUT2D eigenvalue weighted by molar-refractivity contribution is 5.89. The molecule has 0 saturated carbocycles. The van der Waals surface area contributed by atoms with Crippen LogP contribution in [0.3, 0.4) is 0 Å². The van der Waals surface area contributed by atoms with Gasteiger partial charge in [0.15, 0.2) is 12.4 Å². The molecule has 4 atom stereocenters. The maximum atomic E-state index is 11.8. The maximum absolute atomic E-state index is 11.8. The first-order chi connectivity index (χ1) is 8.58. The van der Waals surface area contributed by atoms with Crippen LogP contribution in [0.4, 0.5) is 0 Å². The quantitative estimate of drug-likeness (QED) is 0.758. The van der Waals surface area contributed by atoms with Gasteiger partial charge in [-0.3, -0.25) is 0 Å². The second-order valence-electron chi connectivity index (χ2n) is 4.33. The van der Waals surface area contributed by atoms with Gasteiger partial charge in [0.2, 0.25) is 0 Å². The van der Waals surface area contributed by atoms with Crippen molar-refractivity contribution in [3.63, 3.8) is 0 Å². The van der Waals surface area contributed by atoms with Crippen molar-refractivity contribution < 1.29 is 24.5 Å². The number of esters is 1. The fourth-order valence-corrected chi connectivity index (χ4v) is 1.97. The summed E-state index contributed by atoms with van der Waals surface area (Å²) in [5.74, 6) is -0.508. The molecule has 0 amide bonds. The van der Waals surface area contributed by atoms with Crippen LogP contribution in [-0.4, -0.2) is 40.8 Å². The van der Waals surface area contributed by atoms with Crippen LogP contribution in [0.5, 0.6) is 0 Å². The molecule has 2 N–H and O–H groups in total. The van der Waals surface area contributed by atoms with Crippen molar-refractivity contribution >= 4 is 5.97 Å². The molecule has 5 heteroatoms. The van der Waals surface area contributed by atoms with Gasteiger partial charge >= 0.3 is 5.97 Å². The second-order valence-corrected chi connectivity index (χ2v) is 4.33. The molecule has 1 aromatic rings. The minimum Gasteiger partial charge on any atom is -0.453 e. The highest BCUT2D eigenvalue weighted by Crippen LogP contribution is 2.22. The van der Waals surface area contributed by atoms with E-state index in [1.54, 1.807) is 37.3 Å². The number of benzene rings is 1. The third kappa shape index (κ3) is 2.87. The van der Waals surface area contributed by atoms with Crippen LogP contribution in [0.15, 0.2) is 30.3 Å². The van der Waals surface area contributed by atoms with Crippen LogP contribution < -0.4 is 0 Å². The number of aliphatic hydroxyl groups is 2. The van der Waals surface area contributed by atoms with Crippen LogP contribution in [0.25, 0.3) is 0 Å². The van der Waals surface area contributed by atoms with Gasteiger partial charge < -0.3 is 19.7 Å². The summed E-state index contributed by atoms with van der Waals surface area (Å²) in [5.41, 5.74) is 0.419. The molecule has 0 aliphatic carbocycles. The first-order valence-electron chi connectivity index (χ1n) is 5.85. The third-order valence-corrected chi connectivity index (χ3v) is 2.91. The number of rotatable bonds is 2. The summed E-state index contributed by atoms with van der Waals surface area (Å²) in [4.78, 5) is 11.8. The monoisotopic (exact) mass is 252 g/mol. The molecule has 2 rings (SSSR count). The number of carbonyl (C=O) groups is 1. The fourth-order valence-electron chi connectivity index (χ4n) is 1.97. The molecule has 0 spiro atoms. The van der Waals surface area contributed by atoms with Crippen LogP contribution in [0, 0.1) is 0 Å². The van der Waals surface area contributed by atoms with E-state index in [4.69, 9.17) is 9.47 Å². The van der Waals surface area contributed by atoms with Crippen molar-refractivity contribution in [3.8, 4) is 0 Å². The number of hydrogen-bond acceptors (Lipinski definition) is 5. The predicted octanol–water partition coefficient (Wildman–Crippen LogP) is 0.700. The summed E-state index contributed by atoms with van der Waals surface area (Å²) in [6, 6.07) is 8.54. The van der Waals surface area contributed by atoms with Gasteiger partial charge in [0.05, 0.1) is 17.8 Å². The molecular formula is C13H16O5. The number of aliphatic hydroxyl groups excluding tert-OH is 2. The maximum Gasteiger partial charge on any atom is 0.338 e. The Kier molecular flexibility index (Phi) is 3.96. The Balaban J connectivity index is 2.03. The SMILES string of the molecule is C[C@H]1O[C@@H](O)C[C@@H](O)[C@H]1OC(=O)c1ccccc1. The predicted molar refractivity (Wildman–Crippen MR) is 62.8 cm³/mol. The van der Waals surface area contributed by atoms with Crippen molar-refractivity contribution in [3.05, 3.63) is 35.9 Å². The number of hydrogen-bond donors (Lipinski definition) is 2. The fraction of sp³-hybridized carbons (Fsp3) is 0.462. The highest BCUT2D eigenvalue weighted by atomic mass is 16.6. The molecule has 1 heterocycles. The zero-order valence-corrected chi connectivity index (χ0v) is 10.0. The van der Waals surface area contributed by atoms with Gasteiger partial charge in [-0.1, -0.05) is 18.2 Å². The van der Waals surface area contributed by atoms with Gasteiger partial charge in [0, 0.05) is 6.42 Å². The van der Waals surface area contributed by atoms with E-state index >= 15 is 0 Å². The summed E-state index contributed by atoms with van der Waals surface area (Å²) in [7, 11) is 0. The Labute approximate surface area is 105 Å². The van der Waals surface area contributed by atoms with E-state index in [0.717, 1.165) is 0 Å². The van der Waals surface area contributed by atoms with Crippen LogP contribution in [-0.2, 0) is 9.47 Å². The summed E-state index contributed by atoms with van der Waals surface area (Å²) in [6.45, 7) is 1.65. The average molecular weight is 252 g/mol. The molecule has 0 radical (unpaired) electrons. The Hall–Kier alpha value is -1.43. The molecule has 1 fully saturated rings. The van der Waals surface area contributed by atoms with Gasteiger partial charge in [0.1, 0.15) is 0 Å². The first-order valence-corrected chi connectivity index (χ1v) is 5.85. The second kappa shape index (κ2) is 5.48. The summed E-state index contributed by atoms with van der Waals surface area (Å²) < 4.78 is 10.3. The molecule has 98 valence electrons. The van der Waals surface area contributed by atoms with E-state index in [9.17, 15) is 15.0 Å². The van der Waals surface area contributed by atoms with Crippen LogP contribution in [0.1, 0.15) is 23.7 Å². The lowest BCUT2D eigenvalue weighted by Crippen LogP contribution is -2.49. The van der Waals surface area contributed by atoms with Gasteiger partial charge in [-0.25, -0.2) is 4.79 Å². The summed E-state index contributed by atoms with van der Waals surface area (Å²) >= 11 is 0. The van der Waals surface area contributed by atoms with E-state index < -0.39 is 30.6 Å². The van der Waals surface area contributed by atoms with E-state index in [1.807, 2.05) is 0 Å². The minimum atomic E-state index is -1.01. The molecule has 1 aromatic carbocycles. The number of ether oxygens (including phenoxy) is 2. The molecule has 1 saturated heterocycles. The van der Waals surface area contributed by atoms with Crippen molar-refractivity contribution in [1.29, 1.82) is 0 Å². The Morgan fingerprint density at radius 3 is 2.61 bits per heavy atom. The lowest BCUT2D eigenvalue weighted by Gasteiger charge is -2.35. The van der Waals surface area contributed by atoms with E-state index in [1.165, 1.54) is 0 Å². The lowest BCUT2D eigenvalue weighted by atomic mass is 10.0. The largest absolute Gasteiger partial charge is 0.453 e. The molecule has 18 heavy (non-hydrogen) atoms.